The highest BCUT2D eigenvalue weighted by molar-refractivity contribution is 8.00. The molecule has 31 heavy (non-hydrogen) atoms. The molecule has 1 saturated heterocycles. The minimum absolute atomic E-state index is 0.0823. The van der Waals surface area contributed by atoms with Crippen molar-refractivity contribution in [3.63, 3.8) is 0 Å². The molecule has 0 saturated carbocycles. The Bertz CT molecular complexity index is 974. The normalized spacial score (nSPS) is 18.8. The monoisotopic (exact) mass is 478 g/mol. The van der Waals surface area contributed by atoms with Gasteiger partial charge in [0.2, 0.25) is 5.91 Å². The summed E-state index contributed by atoms with van der Waals surface area (Å²) < 4.78 is 0. The number of halogens is 2. The van der Waals surface area contributed by atoms with Crippen molar-refractivity contribution >= 4 is 46.8 Å². The summed E-state index contributed by atoms with van der Waals surface area (Å²) in [5.74, 6) is 0.350. The Labute approximate surface area is 198 Å². The summed E-state index contributed by atoms with van der Waals surface area (Å²) in [6.45, 7) is 8.67. The average molecular weight is 479 g/mol. The Balaban J connectivity index is 1.75. The molecule has 7 heteroatoms. The summed E-state index contributed by atoms with van der Waals surface area (Å²) in [5, 5.41) is 4.09. The smallest absolute Gasteiger partial charge is 0.255 e. The van der Waals surface area contributed by atoms with E-state index in [4.69, 9.17) is 23.2 Å². The van der Waals surface area contributed by atoms with Gasteiger partial charge in [-0.25, -0.2) is 0 Å². The number of nitrogens with zero attached hydrogens (tertiary/aromatic N) is 1. The number of hydrogen-bond donors (Lipinski definition) is 1. The first-order chi connectivity index (χ1) is 14.6. The molecule has 0 aliphatic carbocycles. The van der Waals surface area contributed by atoms with Crippen LogP contribution in [0, 0.1) is 12.3 Å². The van der Waals surface area contributed by atoms with Gasteiger partial charge in [0.15, 0.2) is 0 Å². The minimum atomic E-state index is -0.512. The fourth-order valence-corrected chi connectivity index (χ4v) is 5.82. The molecule has 2 aromatic rings. The van der Waals surface area contributed by atoms with Crippen molar-refractivity contribution < 1.29 is 9.59 Å². The first-order valence-electron chi connectivity index (χ1n) is 10.3. The molecule has 0 aromatic heterocycles. The Morgan fingerprint density at radius 2 is 1.87 bits per heavy atom. The SMILES string of the molecule is Cc1ccccc1C(=O)N1C(C(=O)NCCc2ccc(Cl)cc2Cl)CSC1C(C)(C)C. The van der Waals surface area contributed by atoms with E-state index >= 15 is 0 Å². The van der Waals surface area contributed by atoms with E-state index in [1.54, 1.807) is 28.8 Å². The van der Waals surface area contributed by atoms with E-state index in [1.165, 1.54) is 0 Å². The van der Waals surface area contributed by atoms with Crippen molar-refractivity contribution in [2.75, 3.05) is 12.3 Å². The second-order valence-electron chi connectivity index (χ2n) is 8.87. The first-order valence-corrected chi connectivity index (χ1v) is 12.1. The molecule has 1 aliphatic rings. The molecule has 3 rings (SSSR count). The molecule has 2 unspecified atom stereocenters. The van der Waals surface area contributed by atoms with E-state index in [0.29, 0.717) is 34.3 Å². The van der Waals surface area contributed by atoms with Gasteiger partial charge in [-0.2, -0.15) is 0 Å². The summed E-state index contributed by atoms with van der Waals surface area (Å²) in [7, 11) is 0. The van der Waals surface area contributed by atoms with Gasteiger partial charge >= 0.3 is 0 Å². The third-order valence-corrected chi connectivity index (χ3v) is 7.71. The van der Waals surface area contributed by atoms with Crippen molar-refractivity contribution in [1.29, 1.82) is 0 Å². The Hall–Kier alpha value is -1.69. The van der Waals surface area contributed by atoms with Crippen molar-refractivity contribution in [2.45, 2.75) is 45.5 Å². The molecule has 0 spiro atoms. The number of thioether (sulfide) groups is 1. The zero-order valence-corrected chi connectivity index (χ0v) is 20.6. The van der Waals surface area contributed by atoms with Crippen LogP contribution in [0.4, 0.5) is 0 Å². The van der Waals surface area contributed by atoms with Crippen molar-refractivity contribution in [3.8, 4) is 0 Å². The average Bonchev–Trinajstić information content (AvgIpc) is 3.15. The molecule has 2 amide bonds. The van der Waals surface area contributed by atoms with Gasteiger partial charge in [-0.3, -0.25) is 9.59 Å². The molecule has 1 heterocycles. The summed E-state index contributed by atoms with van der Waals surface area (Å²) in [6, 6.07) is 12.4. The second-order valence-corrected chi connectivity index (χ2v) is 10.8. The third-order valence-electron chi connectivity index (χ3n) is 5.36. The summed E-state index contributed by atoms with van der Waals surface area (Å²) in [6.07, 6.45) is 0.593. The highest BCUT2D eigenvalue weighted by atomic mass is 35.5. The van der Waals surface area contributed by atoms with Crippen molar-refractivity contribution in [2.24, 2.45) is 5.41 Å². The maximum absolute atomic E-state index is 13.5. The van der Waals surface area contributed by atoms with Gasteiger partial charge in [0.05, 0.1) is 5.37 Å². The summed E-state index contributed by atoms with van der Waals surface area (Å²) in [5.41, 5.74) is 2.32. The van der Waals surface area contributed by atoms with Gasteiger partial charge in [0.25, 0.3) is 5.91 Å². The van der Waals surface area contributed by atoms with E-state index in [1.807, 2.05) is 37.3 Å². The molecule has 0 radical (unpaired) electrons. The van der Waals surface area contributed by atoms with Crippen molar-refractivity contribution in [3.05, 3.63) is 69.2 Å². The van der Waals surface area contributed by atoms with E-state index in [2.05, 4.69) is 26.1 Å². The minimum Gasteiger partial charge on any atom is -0.354 e. The van der Waals surface area contributed by atoms with E-state index in [9.17, 15) is 9.59 Å². The molecule has 0 bridgehead atoms. The summed E-state index contributed by atoms with van der Waals surface area (Å²) in [4.78, 5) is 28.4. The van der Waals surface area contributed by atoms with E-state index < -0.39 is 6.04 Å². The maximum Gasteiger partial charge on any atom is 0.255 e. The van der Waals surface area contributed by atoms with Crippen LogP contribution < -0.4 is 5.32 Å². The number of hydrogen-bond acceptors (Lipinski definition) is 3. The number of aryl methyl sites for hydroxylation is 1. The molecule has 4 nitrogen and oxygen atoms in total. The predicted octanol–water partition coefficient (Wildman–Crippen LogP) is 5.59. The van der Waals surface area contributed by atoms with Crippen LogP contribution in [-0.4, -0.2) is 40.4 Å². The fraction of sp³-hybridized carbons (Fsp3) is 0.417. The van der Waals surface area contributed by atoms with Crippen LogP contribution >= 0.6 is 35.0 Å². The standard InChI is InChI=1S/C24H28Cl2N2O2S/c1-15-7-5-6-8-18(15)22(30)28-20(14-31-23(28)24(2,3)4)21(29)27-12-11-16-9-10-17(25)13-19(16)26/h5-10,13,20,23H,11-12,14H2,1-4H3,(H,27,29). The number of amides is 2. The number of carbonyl (C=O) groups is 2. The molecule has 2 atom stereocenters. The van der Waals surface area contributed by atoms with Gasteiger partial charge < -0.3 is 10.2 Å². The van der Waals surface area contributed by atoms with Gasteiger partial charge in [-0.05, 0) is 48.1 Å². The second kappa shape index (κ2) is 9.85. The number of rotatable bonds is 5. The lowest BCUT2D eigenvalue weighted by Gasteiger charge is -2.36. The lowest BCUT2D eigenvalue weighted by atomic mass is 9.94. The van der Waals surface area contributed by atoms with Crippen LogP contribution in [0.1, 0.15) is 42.3 Å². The molecular formula is C24H28Cl2N2O2S. The molecule has 1 aliphatic heterocycles. The number of nitrogens with one attached hydrogen (secondary N) is 1. The largest absolute Gasteiger partial charge is 0.354 e. The number of benzene rings is 2. The lowest BCUT2D eigenvalue weighted by molar-refractivity contribution is -0.125. The molecule has 166 valence electrons. The van der Waals surface area contributed by atoms with Gasteiger partial charge in [0, 0.05) is 27.9 Å². The maximum atomic E-state index is 13.5. The zero-order chi connectivity index (χ0) is 22.8. The van der Waals surface area contributed by atoms with Crippen LogP contribution in [0.3, 0.4) is 0 Å². The zero-order valence-electron chi connectivity index (χ0n) is 18.2. The van der Waals surface area contributed by atoms with Gasteiger partial charge in [-0.1, -0.05) is 68.2 Å². The Kier molecular flexibility index (Phi) is 7.61. The fourth-order valence-electron chi connectivity index (χ4n) is 3.74. The van der Waals surface area contributed by atoms with E-state index in [0.717, 1.165) is 11.1 Å². The predicted molar refractivity (Wildman–Crippen MR) is 130 cm³/mol. The molecular weight excluding hydrogens is 451 g/mol. The van der Waals surface area contributed by atoms with Crippen LogP contribution in [-0.2, 0) is 11.2 Å². The Morgan fingerprint density at radius 3 is 2.52 bits per heavy atom. The quantitative estimate of drug-likeness (QED) is 0.608. The Morgan fingerprint density at radius 1 is 1.16 bits per heavy atom. The van der Waals surface area contributed by atoms with Gasteiger partial charge in [-0.15, -0.1) is 11.8 Å². The van der Waals surface area contributed by atoms with Gasteiger partial charge in [0.1, 0.15) is 6.04 Å². The number of carbonyl (C=O) groups excluding carboxylic acids is 2. The van der Waals surface area contributed by atoms with Crippen LogP contribution in [0.5, 0.6) is 0 Å². The molecule has 1 N–H and O–H groups in total. The van der Waals surface area contributed by atoms with E-state index in [-0.39, 0.29) is 22.6 Å². The highest BCUT2D eigenvalue weighted by Crippen LogP contribution is 2.41. The van der Waals surface area contributed by atoms with Crippen LogP contribution in [0.15, 0.2) is 42.5 Å². The summed E-state index contributed by atoms with van der Waals surface area (Å²) >= 11 is 13.9. The topological polar surface area (TPSA) is 49.4 Å². The molecule has 2 aromatic carbocycles. The van der Waals surface area contributed by atoms with Crippen LogP contribution in [0.25, 0.3) is 0 Å². The highest BCUT2D eigenvalue weighted by Gasteiger charge is 2.46. The first kappa shape index (κ1) is 24.0. The molecule has 1 fully saturated rings. The van der Waals surface area contributed by atoms with Crippen LogP contribution in [0.2, 0.25) is 10.0 Å². The third kappa shape index (κ3) is 5.57. The van der Waals surface area contributed by atoms with Crippen molar-refractivity contribution in [1.82, 2.24) is 10.2 Å². The lowest BCUT2D eigenvalue weighted by Crippen LogP contribution is -2.52.